The molecular formula is C16H15F3N2O4S. The molecule has 0 bridgehead atoms. The second-order valence-corrected chi connectivity index (χ2v) is 6.91. The van der Waals surface area contributed by atoms with Gasteiger partial charge in [-0.15, -0.1) is 13.2 Å². The molecule has 2 N–H and O–H groups in total. The zero-order valence-electron chi connectivity index (χ0n) is 13.5. The number of alkyl halides is 3. The van der Waals surface area contributed by atoms with Gasteiger partial charge in [-0.3, -0.25) is 9.52 Å². The first-order valence-electron chi connectivity index (χ1n) is 7.27. The van der Waals surface area contributed by atoms with Gasteiger partial charge < -0.3 is 10.1 Å². The lowest BCUT2D eigenvalue weighted by atomic mass is 10.2. The molecule has 0 spiro atoms. The van der Waals surface area contributed by atoms with E-state index < -0.39 is 22.1 Å². The second kappa shape index (κ2) is 7.65. The van der Waals surface area contributed by atoms with E-state index in [4.69, 9.17) is 0 Å². The molecule has 0 heterocycles. The highest BCUT2D eigenvalue weighted by atomic mass is 32.2. The molecule has 2 aromatic carbocycles. The normalized spacial score (nSPS) is 11.7. The van der Waals surface area contributed by atoms with E-state index in [9.17, 15) is 26.4 Å². The van der Waals surface area contributed by atoms with Gasteiger partial charge in [0.15, 0.2) is 0 Å². The van der Waals surface area contributed by atoms with Crippen molar-refractivity contribution in [1.82, 2.24) is 5.32 Å². The average Bonchev–Trinajstić information content (AvgIpc) is 2.53. The van der Waals surface area contributed by atoms with Crippen LogP contribution >= 0.6 is 0 Å². The quantitative estimate of drug-likeness (QED) is 0.797. The summed E-state index contributed by atoms with van der Waals surface area (Å²) in [5, 5.41) is 2.59. The van der Waals surface area contributed by atoms with Crippen molar-refractivity contribution in [2.75, 3.05) is 4.72 Å². The Hall–Kier alpha value is -2.75. The van der Waals surface area contributed by atoms with Gasteiger partial charge in [0.25, 0.3) is 10.0 Å². The third-order valence-electron chi connectivity index (χ3n) is 3.12. The molecule has 1 amide bonds. The van der Waals surface area contributed by atoms with Gasteiger partial charge in [-0.2, -0.15) is 0 Å². The third-order valence-corrected chi connectivity index (χ3v) is 4.51. The summed E-state index contributed by atoms with van der Waals surface area (Å²) in [7, 11) is -3.91. The molecule has 0 radical (unpaired) electrons. The molecule has 26 heavy (non-hydrogen) atoms. The second-order valence-electron chi connectivity index (χ2n) is 5.23. The van der Waals surface area contributed by atoms with E-state index in [0.29, 0.717) is 5.56 Å². The number of carbonyl (C=O) groups excluding carboxylic acids is 1. The fourth-order valence-corrected chi connectivity index (χ4v) is 3.01. The number of rotatable bonds is 6. The van der Waals surface area contributed by atoms with Crippen molar-refractivity contribution in [2.45, 2.75) is 24.7 Å². The van der Waals surface area contributed by atoms with E-state index in [2.05, 4.69) is 14.8 Å². The smallest absolute Gasteiger partial charge is 0.406 e. The Morgan fingerprint density at radius 3 is 2.12 bits per heavy atom. The van der Waals surface area contributed by atoms with E-state index >= 15 is 0 Å². The summed E-state index contributed by atoms with van der Waals surface area (Å²) in [6, 6.07) is 10.1. The molecule has 0 saturated heterocycles. The molecular weight excluding hydrogens is 373 g/mol. The maximum Gasteiger partial charge on any atom is 0.573 e. The standard InChI is InChI=1S/C16H15F3N2O4S/c1-11(22)20-10-12-2-8-15(9-3-12)26(23,24)21-13-4-6-14(7-5-13)25-16(17,18)19/h2-9,21H,10H2,1H3,(H,20,22). The van der Waals surface area contributed by atoms with Crippen LogP contribution in [0.25, 0.3) is 0 Å². The van der Waals surface area contributed by atoms with Crippen LogP contribution in [-0.2, 0) is 21.4 Å². The number of benzene rings is 2. The van der Waals surface area contributed by atoms with Crippen molar-refractivity contribution in [3.63, 3.8) is 0 Å². The number of sulfonamides is 1. The van der Waals surface area contributed by atoms with E-state index in [1.54, 1.807) is 12.1 Å². The van der Waals surface area contributed by atoms with Crippen molar-refractivity contribution in [3.8, 4) is 5.75 Å². The topological polar surface area (TPSA) is 84.5 Å². The minimum absolute atomic E-state index is 0.0281. The summed E-state index contributed by atoms with van der Waals surface area (Å²) in [5.74, 6) is -0.663. The number of halogens is 3. The van der Waals surface area contributed by atoms with Crippen LogP contribution in [0, 0.1) is 0 Å². The van der Waals surface area contributed by atoms with Gasteiger partial charge in [-0.1, -0.05) is 12.1 Å². The number of anilines is 1. The predicted octanol–water partition coefficient (Wildman–Crippen LogP) is 3.02. The number of nitrogens with one attached hydrogen (secondary N) is 2. The summed E-state index contributed by atoms with van der Waals surface area (Å²) in [4.78, 5) is 10.8. The molecule has 0 fully saturated rings. The first-order chi connectivity index (χ1) is 12.0. The van der Waals surface area contributed by atoms with Gasteiger partial charge >= 0.3 is 6.36 Å². The molecule has 2 aromatic rings. The first-order valence-corrected chi connectivity index (χ1v) is 8.75. The van der Waals surface area contributed by atoms with E-state index in [1.165, 1.54) is 19.1 Å². The molecule has 6 nitrogen and oxygen atoms in total. The largest absolute Gasteiger partial charge is 0.573 e. The lowest BCUT2D eigenvalue weighted by molar-refractivity contribution is -0.274. The summed E-state index contributed by atoms with van der Waals surface area (Å²) in [5.41, 5.74) is 0.801. The molecule has 0 aliphatic heterocycles. The van der Waals surface area contributed by atoms with Gasteiger partial charge in [-0.25, -0.2) is 8.42 Å². The number of amides is 1. The van der Waals surface area contributed by atoms with Gasteiger partial charge in [0.05, 0.1) is 4.90 Å². The van der Waals surface area contributed by atoms with Crippen LogP contribution in [0.15, 0.2) is 53.4 Å². The maximum absolute atomic E-state index is 12.3. The van der Waals surface area contributed by atoms with Crippen LogP contribution in [0.1, 0.15) is 12.5 Å². The highest BCUT2D eigenvalue weighted by molar-refractivity contribution is 7.92. The zero-order chi connectivity index (χ0) is 19.4. The molecule has 0 unspecified atom stereocenters. The van der Waals surface area contributed by atoms with Crippen LogP contribution in [-0.4, -0.2) is 20.7 Å². The van der Waals surface area contributed by atoms with E-state index in [1.807, 2.05) is 0 Å². The Morgan fingerprint density at radius 2 is 1.62 bits per heavy atom. The van der Waals surface area contributed by atoms with Crippen molar-refractivity contribution < 1.29 is 31.1 Å². The SMILES string of the molecule is CC(=O)NCc1ccc(S(=O)(=O)Nc2ccc(OC(F)(F)F)cc2)cc1. The van der Waals surface area contributed by atoms with Crippen LogP contribution in [0.2, 0.25) is 0 Å². The molecule has 0 saturated carbocycles. The lowest BCUT2D eigenvalue weighted by Crippen LogP contribution is -2.19. The minimum Gasteiger partial charge on any atom is -0.406 e. The van der Waals surface area contributed by atoms with Crippen LogP contribution in [0.5, 0.6) is 5.75 Å². The molecule has 0 aromatic heterocycles. The molecule has 2 rings (SSSR count). The van der Waals surface area contributed by atoms with Crippen molar-refractivity contribution in [3.05, 3.63) is 54.1 Å². The Balaban J connectivity index is 2.07. The lowest BCUT2D eigenvalue weighted by Gasteiger charge is -2.11. The number of hydrogen-bond donors (Lipinski definition) is 2. The Kier molecular flexibility index (Phi) is 5.76. The first kappa shape index (κ1) is 19.6. The summed E-state index contributed by atoms with van der Waals surface area (Å²) < 4.78 is 66.9. The highest BCUT2D eigenvalue weighted by Gasteiger charge is 2.31. The molecule has 0 atom stereocenters. The average molecular weight is 388 g/mol. The van der Waals surface area contributed by atoms with Crippen LogP contribution in [0.3, 0.4) is 0 Å². The predicted molar refractivity (Wildman–Crippen MR) is 87.9 cm³/mol. The van der Waals surface area contributed by atoms with Crippen molar-refractivity contribution in [2.24, 2.45) is 0 Å². The minimum atomic E-state index is -4.82. The zero-order valence-corrected chi connectivity index (χ0v) is 14.3. The van der Waals surface area contributed by atoms with Crippen LogP contribution < -0.4 is 14.8 Å². The Labute approximate surface area is 148 Å². The Morgan fingerprint density at radius 1 is 1.04 bits per heavy atom. The summed E-state index contributed by atoms with van der Waals surface area (Å²) in [6.45, 7) is 1.64. The van der Waals surface area contributed by atoms with Gasteiger partial charge in [0.2, 0.25) is 5.91 Å². The Bertz CT molecular complexity index is 864. The van der Waals surface area contributed by atoms with Crippen molar-refractivity contribution >= 4 is 21.6 Å². The molecule has 0 aliphatic carbocycles. The number of carbonyl (C=O) groups is 1. The van der Waals surface area contributed by atoms with Gasteiger partial charge in [0, 0.05) is 19.2 Å². The van der Waals surface area contributed by atoms with Gasteiger partial charge in [0.1, 0.15) is 5.75 Å². The fraction of sp³-hybridized carbons (Fsp3) is 0.188. The summed E-state index contributed by atoms with van der Waals surface area (Å²) >= 11 is 0. The maximum atomic E-state index is 12.3. The van der Waals surface area contributed by atoms with Gasteiger partial charge in [-0.05, 0) is 42.0 Å². The van der Waals surface area contributed by atoms with E-state index in [0.717, 1.165) is 24.3 Å². The highest BCUT2D eigenvalue weighted by Crippen LogP contribution is 2.25. The molecule has 0 aliphatic rings. The molecule has 140 valence electrons. The fourth-order valence-electron chi connectivity index (χ4n) is 1.95. The number of hydrogen-bond acceptors (Lipinski definition) is 4. The van der Waals surface area contributed by atoms with Crippen LogP contribution in [0.4, 0.5) is 18.9 Å². The molecule has 10 heteroatoms. The summed E-state index contributed by atoms with van der Waals surface area (Å²) in [6.07, 6.45) is -4.82. The monoisotopic (exact) mass is 388 g/mol. The third kappa shape index (κ3) is 5.96. The van der Waals surface area contributed by atoms with Crippen molar-refractivity contribution in [1.29, 1.82) is 0 Å². The van der Waals surface area contributed by atoms with E-state index in [-0.39, 0.29) is 23.0 Å². The number of ether oxygens (including phenoxy) is 1.